The summed E-state index contributed by atoms with van der Waals surface area (Å²) in [4.78, 5) is 61.9. The van der Waals surface area contributed by atoms with Crippen LogP contribution in [0.5, 0.6) is 0 Å². The van der Waals surface area contributed by atoms with Crippen LogP contribution in [0.2, 0.25) is 0 Å². The molecule has 0 aromatic heterocycles. The second kappa shape index (κ2) is 14.3. The van der Waals surface area contributed by atoms with Crippen LogP contribution < -0.4 is 26.6 Å². The highest BCUT2D eigenvalue weighted by molar-refractivity contribution is 5.93. The zero-order valence-electron chi connectivity index (χ0n) is 21.5. The predicted octanol–water partition coefficient (Wildman–Crippen LogP) is 0.901. The molecule has 6 N–H and O–H groups in total. The van der Waals surface area contributed by atoms with Gasteiger partial charge in [-0.05, 0) is 37.0 Å². The quantitative estimate of drug-likeness (QED) is 0.293. The van der Waals surface area contributed by atoms with E-state index in [0.717, 1.165) is 0 Å². The highest BCUT2D eigenvalue weighted by Crippen LogP contribution is 2.10. The van der Waals surface area contributed by atoms with Gasteiger partial charge in [0.2, 0.25) is 17.7 Å². The summed E-state index contributed by atoms with van der Waals surface area (Å²) in [5, 5.41) is 22.7. The van der Waals surface area contributed by atoms with E-state index in [-0.39, 0.29) is 29.6 Å². The average Bonchev–Trinajstić information content (AvgIpc) is 2.75. The van der Waals surface area contributed by atoms with Crippen LogP contribution in [0.4, 0.5) is 4.79 Å². The fraction of sp³-hybridized carbons (Fsp3) is 0.708. The summed E-state index contributed by atoms with van der Waals surface area (Å²) in [6.45, 7) is 11.1. The van der Waals surface area contributed by atoms with Crippen LogP contribution in [-0.2, 0) is 19.2 Å². The van der Waals surface area contributed by atoms with Crippen molar-refractivity contribution in [2.45, 2.75) is 85.0 Å². The van der Waals surface area contributed by atoms with Crippen molar-refractivity contribution in [2.24, 2.45) is 17.8 Å². The standard InChI is InChI=1S/C24H41N5O6/c1-13(2)16-10-11-18(30)25-12-8-7-9-17(21(31)26-16)27-22(32)19(14(3)4)28-24(35)29-20(15(5)6)23(33)34/h10-11,13-17,19-20H,7-9,12H2,1-6H3,(H,25,30)(H,26,31)(H,27,32)(H,33,34)(H2,28,29,35). The molecule has 0 aromatic carbocycles. The fourth-order valence-electron chi connectivity index (χ4n) is 3.54. The third-order valence-corrected chi connectivity index (χ3v) is 5.79. The third kappa shape index (κ3) is 10.4. The molecule has 11 nitrogen and oxygen atoms in total. The van der Waals surface area contributed by atoms with E-state index in [0.29, 0.717) is 25.8 Å². The summed E-state index contributed by atoms with van der Waals surface area (Å²) in [6.07, 6.45) is 4.61. The van der Waals surface area contributed by atoms with Gasteiger partial charge in [0, 0.05) is 18.7 Å². The molecule has 1 heterocycles. The van der Waals surface area contributed by atoms with Gasteiger partial charge < -0.3 is 31.7 Å². The Kier molecular flexibility index (Phi) is 12.2. The van der Waals surface area contributed by atoms with Crippen molar-refractivity contribution in [3.8, 4) is 0 Å². The minimum Gasteiger partial charge on any atom is -0.480 e. The van der Waals surface area contributed by atoms with Crippen LogP contribution >= 0.6 is 0 Å². The normalized spacial score (nSPS) is 21.3. The van der Waals surface area contributed by atoms with Gasteiger partial charge >= 0.3 is 12.0 Å². The van der Waals surface area contributed by atoms with Crippen molar-refractivity contribution in [3.05, 3.63) is 12.2 Å². The van der Waals surface area contributed by atoms with Gasteiger partial charge in [-0.3, -0.25) is 14.4 Å². The number of carboxylic acid groups (broad SMARTS) is 1. The maximum absolute atomic E-state index is 13.1. The Morgan fingerprint density at radius 3 is 2.11 bits per heavy atom. The minimum absolute atomic E-state index is 0.0132. The first-order valence-electron chi connectivity index (χ1n) is 12.2. The summed E-state index contributed by atoms with van der Waals surface area (Å²) in [7, 11) is 0. The Morgan fingerprint density at radius 2 is 1.57 bits per heavy atom. The molecule has 11 heteroatoms. The lowest BCUT2D eigenvalue weighted by atomic mass is 10.00. The Balaban J connectivity index is 2.97. The summed E-state index contributed by atoms with van der Waals surface area (Å²) in [5.74, 6) is -2.96. The monoisotopic (exact) mass is 495 g/mol. The average molecular weight is 496 g/mol. The highest BCUT2D eigenvalue weighted by atomic mass is 16.4. The molecule has 4 atom stereocenters. The van der Waals surface area contributed by atoms with Gasteiger partial charge in [-0.2, -0.15) is 0 Å². The summed E-state index contributed by atoms with van der Waals surface area (Å²) < 4.78 is 0. The molecule has 0 aliphatic carbocycles. The predicted molar refractivity (Wildman–Crippen MR) is 131 cm³/mol. The number of carbonyl (C=O) groups excluding carboxylic acids is 4. The molecule has 0 saturated carbocycles. The summed E-state index contributed by atoms with van der Waals surface area (Å²) in [5.41, 5.74) is 0. The smallest absolute Gasteiger partial charge is 0.326 e. The molecule has 0 bridgehead atoms. The topological polar surface area (TPSA) is 166 Å². The number of hydrogen-bond acceptors (Lipinski definition) is 5. The Hall–Kier alpha value is -3.11. The molecule has 0 spiro atoms. The molecule has 1 rings (SSSR count). The van der Waals surface area contributed by atoms with Crippen LogP contribution in [0.15, 0.2) is 12.2 Å². The van der Waals surface area contributed by atoms with E-state index in [1.165, 1.54) is 6.08 Å². The zero-order chi connectivity index (χ0) is 26.7. The van der Waals surface area contributed by atoms with Crippen molar-refractivity contribution in [1.82, 2.24) is 26.6 Å². The lowest BCUT2D eigenvalue weighted by Crippen LogP contribution is -2.59. The largest absolute Gasteiger partial charge is 0.480 e. The lowest BCUT2D eigenvalue weighted by molar-refractivity contribution is -0.140. The van der Waals surface area contributed by atoms with Crippen LogP contribution in [0.1, 0.15) is 60.8 Å². The van der Waals surface area contributed by atoms with E-state index >= 15 is 0 Å². The highest BCUT2D eigenvalue weighted by Gasteiger charge is 2.31. The molecule has 35 heavy (non-hydrogen) atoms. The Bertz CT molecular complexity index is 795. The van der Waals surface area contributed by atoms with E-state index in [9.17, 15) is 29.1 Å². The number of aliphatic carboxylic acids is 1. The number of hydrogen-bond donors (Lipinski definition) is 6. The van der Waals surface area contributed by atoms with Gasteiger partial charge in [0.25, 0.3) is 0 Å². The SMILES string of the molecule is CC(C)C1C=CC(=O)NCCCCC(NC(=O)C(NC(=O)NC(C(=O)O)C(C)C)C(C)C)C(=O)N1. The van der Waals surface area contributed by atoms with E-state index < -0.39 is 42.1 Å². The maximum atomic E-state index is 13.1. The molecule has 0 radical (unpaired) electrons. The molecule has 198 valence electrons. The van der Waals surface area contributed by atoms with Gasteiger partial charge in [-0.15, -0.1) is 0 Å². The number of rotatable bonds is 8. The van der Waals surface area contributed by atoms with Gasteiger partial charge in [0.05, 0.1) is 0 Å². The molecule has 4 unspecified atom stereocenters. The van der Waals surface area contributed by atoms with Gasteiger partial charge in [0.15, 0.2) is 0 Å². The molecular formula is C24H41N5O6. The second-order valence-electron chi connectivity index (χ2n) is 9.88. The van der Waals surface area contributed by atoms with Crippen molar-refractivity contribution in [1.29, 1.82) is 0 Å². The maximum Gasteiger partial charge on any atom is 0.326 e. The van der Waals surface area contributed by atoms with Crippen LogP contribution in [0, 0.1) is 17.8 Å². The minimum atomic E-state index is -1.17. The molecule has 0 saturated heterocycles. The number of carboxylic acids is 1. The van der Waals surface area contributed by atoms with Gasteiger partial charge in [-0.25, -0.2) is 9.59 Å². The lowest BCUT2D eigenvalue weighted by Gasteiger charge is -2.28. The molecule has 1 aliphatic heterocycles. The van der Waals surface area contributed by atoms with E-state index in [1.54, 1.807) is 33.8 Å². The summed E-state index contributed by atoms with van der Waals surface area (Å²) in [6, 6.07) is -4.10. The third-order valence-electron chi connectivity index (χ3n) is 5.79. The second-order valence-corrected chi connectivity index (χ2v) is 9.88. The van der Waals surface area contributed by atoms with E-state index in [1.807, 2.05) is 13.8 Å². The number of carbonyl (C=O) groups is 5. The molecule has 1 aliphatic rings. The zero-order valence-corrected chi connectivity index (χ0v) is 21.5. The van der Waals surface area contributed by atoms with Crippen LogP contribution in [0.3, 0.4) is 0 Å². The molecule has 0 fully saturated rings. The summed E-state index contributed by atoms with van der Waals surface area (Å²) >= 11 is 0. The first-order chi connectivity index (χ1) is 16.3. The van der Waals surface area contributed by atoms with E-state index in [2.05, 4.69) is 26.6 Å². The fourth-order valence-corrected chi connectivity index (χ4v) is 3.54. The first-order valence-corrected chi connectivity index (χ1v) is 12.2. The first kappa shape index (κ1) is 29.9. The molecule has 0 aromatic rings. The Morgan fingerprint density at radius 1 is 0.971 bits per heavy atom. The van der Waals surface area contributed by atoms with Gasteiger partial charge in [0.1, 0.15) is 18.1 Å². The number of amides is 5. The van der Waals surface area contributed by atoms with E-state index in [4.69, 9.17) is 0 Å². The Labute approximate surface area is 207 Å². The van der Waals surface area contributed by atoms with Crippen LogP contribution in [-0.4, -0.2) is 65.5 Å². The molecular weight excluding hydrogens is 454 g/mol. The van der Waals surface area contributed by atoms with Crippen LogP contribution in [0.25, 0.3) is 0 Å². The van der Waals surface area contributed by atoms with Crippen molar-refractivity contribution in [3.63, 3.8) is 0 Å². The van der Waals surface area contributed by atoms with Crippen molar-refractivity contribution < 1.29 is 29.1 Å². The van der Waals surface area contributed by atoms with Crippen molar-refractivity contribution >= 4 is 29.7 Å². The number of urea groups is 1. The van der Waals surface area contributed by atoms with Gasteiger partial charge in [-0.1, -0.05) is 47.6 Å². The van der Waals surface area contributed by atoms with Crippen molar-refractivity contribution in [2.75, 3.05) is 6.54 Å². The molecule has 5 amide bonds. The number of nitrogens with one attached hydrogen (secondary N) is 5.